The summed E-state index contributed by atoms with van der Waals surface area (Å²) < 4.78 is 9.46. The number of aliphatic hydroxyl groups excluding tert-OH is 1. The van der Waals surface area contributed by atoms with E-state index in [1.165, 1.54) is 14.2 Å². The van der Waals surface area contributed by atoms with E-state index >= 15 is 0 Å². The molecular weight excluding hydrogens is 268 g/mol. The number of methoxy groups -OCH3 is 2. The molecule has 96 valence electrons. The number of halogens is 1. The van der Waals surface area contributed by atoms with Gasteiger partial charge in [0, 0.05) is 7.11 Å². The van der Waals surface area contributed by atoms with Crippen molar-refractivity contribution in [2.75, 3.05) is 32.8 Å². The molecule has 0 aliphatic heterocycles. The van der Waals surface area contributed by atoms with E-state index in [1.54, 1.807) is 0 Å². The molecule has 0 aromatic carbocycles. The van der Waals surface area contributed by atoms with Crippen LogP contribution in [-0.4, -0.2) is 49.5 Å². The quantitative estimate of drug-likeness (QED) is 0.757. The second-order valence-electron chi connectivity index (χ2n) is 3.11. The first-order valence-corrected chi connectivity index (χ1v) is 5.92. The van der Waals surface area contributed by atoms with Crippen molar-refractivity contribution in [3.8, 4) is 0 Å². The number of carbonyl (C=O) groups excluding carboxylic acids is 1. The third-order valence-corrected chi connectivity index (χ3v) is 3.22. The molecule has 1 rings (SSSR count). The molecule has 0 saturated carbocycles. The second kappa shape index (κ2) is 6.75. The molecule has 0 spiro atoms. The lowest BCUT2D eigenvalue weighted by Gasteiger charge is -2.13. The predicted molar refractivity (Wildman–Crippen MR) is 64.8 cm³/mol. The molecule has 2 N–H and O–H groups in total. The van der Waals surface area contributed by atoms with Gasteiger partial charge in [0.2, 0.25) is 0 Å². The fraction of sp³-hybridized carbons (Fsp3) is 0.556. The summed E-state index contributed by atoms with van der Waals surface area (Å²) in [6.45, 7) is 0.208. The smallest absolute Gasteiger partial charge is 0.351 e. The number of aromatic nitrogens is 1. The molecule has 1 heterocycles. The highest BCUT2D eigenvalue weighted by Crippen LogP contribution is 2.27. The van der Waals surface area contributed by atoms with Gasteiger partial charge in [0.25, 0.3) is 0 Å². The van der Waals surface area contributed by atoms with Gasteiger partial charge in [0.15, 0.2) is 15.2 Å². The summed E-state index contributed by atoms with van der Waals surface area (Å²) in [6.07, 6.45) is 0. The predicted octanol–water partition coefficient (Wildman–Crippen LogP) is 1.00. The standard InChI is InChI=1S/C9H13ClN2O4S/c1-15-4-5(3-13)11-9-12-7(10)6(17-9)8(14)16-2/h5,13H,3-4H2,1-2H3,(H,11,12). The number of esters is 1. The third-order valence-electron chi connectivity index (χ3n) is 1.87. The Hall–Kier alpha value is -0.890. The van der Waals surface area contributed by atoms with E-state index in [9.17, 15) is 4.79 Å². The average molecular weight is 281 g/mol. The van der Waals surface area contributed by atoms with Crippen LogP contribution < -0.4 is 5.32 Å². The first kappa shape index (κ1) is 14.2. The summed E-state index contributed by atoms with van der Waals surface area (Å²) >= 11 is 6.85. The summed E-state index contributed by atoms with van der Waals surface area (Å²) in [4.78, 5) is 15.5. The molecule has 17 heavy (non-hydrogen) atoms. The maximum absolute atomic E-state index is 11.3. The van der Waals surface area contributed by atoms with Crippen LogP contribution in [0.4, 0.5) is 5.13 Å². The number of thiazole rings is 1. The molecule has 0 amide bonds. The average Bonchev–Trinajstić information content (AvgIpc) is 2.68. The molecule has 1 atom stereocenters. The van der Waals surface area contributed by atoms with Crippen LogP contribution in [0.1, 0.15) is 9.67 Å². The van der Waals surface area contributed by atoms with Gasteiger partial charge in [-0.15, -0.1) is 0 Å². The first-order chi connectivity index (χ1) is 8.12. The lowest BCUT2D eigenvalue weighted by molar-refractivity contribution is 0.0606. The molecule has 8 heteroatoms. The van der Waals surface area contributed by atoms with Crippen molar-refractivity contribution in [1.82, 2.24) is 4.98 Å². The molecule has 0 saturated heterocycles. The number of hydrogen-bond donors (Lipinski definition) is 2. The molecule has 1 aromatic rings. The summed E-state index contributed by atoms with van der Waals surface area (Å²) in [5, 5.41) is 12.5. The lowest BCUT2D eigenvalue weighted by Crippen LogP contribution is -2.28. The van der Waals surface area contributed by atoms with Gasteiger partial charge in [-0.3, -0.25) is 0 Å². The molecule has 1 aromatic heterocycles. The van der Waals surface area contributed by atoms with Crippen LogP contribution in [0.15, 0.2) is 0 Å². The van der Waals surface area contributed by atoms with Gasteiger partial charge < -0.3 is 19.9 Å². The van der Waals surface area contributed by atoms with Gasteiger partial charge >= 0.3 is 5.97 Å². The fourth-order valence-corrected chi connectivity index (χ4v) is 2.28. The topological polar surface area (TPSA) is 80.7 Å². The Bertz CT molecular complexity index is 385. The lowest BCUT2D eigenvalue weighted by atomic mass is 10.3. The van der Waals surface area contributed by atoms with E-state index in [4.69, 9.17) is 21.4 Å². The molecule has 0 radical (unpaired) electrons. The van der Waals surface area contributed by atoms with Crippen LogP contribution in [0.5, 0.6) is 0 Å². The summed E-state index contributed by atoms with van der Waals surface area (Å²) in [7, 11) is 2.80. The van der Waals surface area contributed by atoms with Crippen LogP contribution in [0.2, 0.25) is 5.15 Å². The maximum Gasteiger partial charge on any atom is 0.351 e. The van der Waals surface area contributed by atoms with Crippen LogP contribution in [-0.2, 0) is 9.47 Å². The highest BCUT2D eigenvalue weighted by atomic mass is 35.5. The van der Waals surface area contributed by atoms with Gasteiger partial charge in [-0.1, -0.05) is 22.9 Å². The Labute approximate surface area is 108 Å². The van der Waals surface area contributed by atoms with E-state index in [-0.39, 0.29) is 22.7 Å². The highest BCUT2D eigenvalue weighted by molar-refractivity contribution is 7.18. The molecule has 0 aliphatic rings. The summed E-state index contributed by atoms with van der Waals surface area (Å²) in [6, 6.07) is -0.298. The van der Waals surface area contributed by atoms with Crippen molar-refractivity contribution in [3.63, 3.8) is 0 Å². The summed E-state index contributed by atoms with van der Waals surface area (Å²) in [5.74, 6) is -0.534. The normalized spacial score (nSPS) is 12.2. The zero-order valence-electron chi connectivity index (χ0n) is 9.40. The molecule has 0 fully saturated rings. The van der Waals surface area contributed by atoms with E-state index in [0.29, 0.717) is 11.7 Å². The van der Waals surface area contributed by atoms with Crippen molar-refractivity contribution >= 4 is 34.0 Å². The fourth-order valence-electron chi connectivity index (χ4n) is 1.10. The Morgan fingerprint density at radius 1 is 1.65 bits per heavy atom. The minimum Gasteiger partial charge on any atom is -0.465 e. The van der Waals surface area contributed by atoms with Crippen LogP contribution >= 0.6 is 22.9 Å². The number of nitrogens with one attached hydrogen (secondary N) is 1. The molecule has 0 aliphatic carbocycles. The van der Waals surface area contributed by atoms with E-state index in [1.807, 2.05) is 0 Å². The third kappa shape index (κ3) is 3.81. The SMILES string of the molecule is COCC(CO)Nc1nc(Cl)c(C(=O)OC)s1. The second-order valence-corrected chi connectivity index (χ2v) is 4.47. The Morgan fingerprint density at radius 2 is 2.35 bits per heavy atom. The molecule has 0 bridgehead atoms. The molecule has 1 unspecified atom stereocenters. The monoisotopic (exact) mass is 280 g/mol. The number of ether oxygens (including phenoxy) is 2. The largest absolute Gasteiger partial charge is 0.465 e. The Balaban J connectivity index is 2.75. The Morgan fingerprint density at radius 3 is 2.88 bits per heavy atom. The number of hydrogen-bond acceptors (Lipinski definition) is 7. The number of carbonyl (C=O) groups is 1. The first-order valence-electron chi connectivity index (χ1n) is 4.73. The minimum atomic E-state index is -0.534. The molecular formula is C9H13ClN2O4S. The van der Waals surface area contributed by atoms with Crippen molar-refractivity contribution in [2.45, 2.75) is 6.04 Å². The van der Waals surface area contributed by atoms with Crippen LogP contribution in [0.3, 0.4) is 0 Å². The molecule has 6 nitrogen and oxygen atoms in total. The number of aliphatic hydroxyl groups is 1. The number of rotatable bonds is 6. The zero-order chi connectivity index (χ0) is 12.8. The number of nitrogens with zero attached hydrogens (tertiary/aromatic N) is 1. The van der Waals surface area contributed by atoms with E-state index in [0.717, 1.165) is 11.3 Å². The van der Waals surface area contributed by atoms with E-state index in [2.05, 4.69) is 15.0 Å². The van der Waals surface area contributed by atoms with Gasteiger partial charge in [0.05, 0.1) is 26.4 Å². The summed E-state index contributed by atoms with van der Waals surface area (Å²) in [5.41, 5.74) is 0. The van der Waals surface area contributed by atoms with Crippen molar-refractivity contribution in [1.29, 1.82) is 0 Å². The van der Waals surface area contributed by atoms with Gasteiger partial charge in [0.1, 0.15) is 0 Å². The Kier molecular flexibility index (Phi) is 5.63. The minimum absolute atomic E-state index is 0.0819. The number of anilines is 1. The zero-order valence-corrected chi connectivity index (χ0v) is 11.0. The van der Waals surface area contributed by atoms with Crippen molar-refractivity contribution < 1.29 is 19.4 Å². The van der Waals surface area contributed by atoms with Gasteiger partial charge in [-0.2, -0.15) is 0 Å². The van der Waals surface area contributed by atoms with Crippen LogP contribution in [0, 0.1) is 0 Å². The maximum atomic E-state index is 11.3. The van der Waals surface area contributed by atoms with E-state index < -0.39 is 5.97 Å². The van der Waals surface area contributed by atoms with Crippen LogP contribution in [0.25, 0.3) is 0 Å². The van der Waals surface area contributed by atoms with Gasteiger partial charge in [-0.05, 0) is 0 Å². The van der Waals surface area contributed by atoms with Crippen molar-refractivity contribution in [3.05, 3.63) is 10.0 Å². The highest BCUT2D eigenvalue weighted by Gasteiger charge is 2.18. The van der Waals surface area contributed by atoms with Gasteiger partial charge in [-0.25, -0.2) is 9.78 Å². The van der Waals surface area contributed by atoms with Crippen molar-refractivity contribution in [2.24, 2.45) is 0 Å².